The van der Waals surface area contributed by atoms with Crippen LogP contribution in [-0.2, 0) is 4.79 Å². The second-order valence-corrected chi connectivity index (χ2v) is 7.28. The molecule has 1 unspecified atom stereocenters. The van der Waals surface area contributed by atoms with Gasteiger partial charge in [-0.3, -0.25) is 14.5 Å². The molecule has 1 heterocycles. The molecule has 5 nitrogen and oxygen atoms in total. The Morgan fingerprint density at radius 1 is 0.962 bits per heavy atom. The molecule has 2 aromatic carbocycles. The third-order valence-electron chi connectivity index (χ3n) is 4.66. The fourth-order valence-corrected chi connectivity index (χ4v) is 3.29. The summed E-state index contributed by atoms with van der Waals surface area (Å²) in [6.45, 7) is 4.54. The average Bonchev–Trinajstić information content (AvgIpc) is 2.69. The number of nitrogens with zero attached hydrogens (tertiary/aromatic N) is 2. The minimum atomic E-state index is -0.243. The standard InChI is InChI=1S/C20H22BrN3O2/c1-15(19(25)22-18-9-7-17(21)8-10-18)23-11-13-24(14-12-23)20(26)16-5-3-2-4-6-16/h2-10,15H,11-14H2,1H3,(H,22,25). The Morgan fingerprint density at radius 2 is 1.58 bits per heavy atom. The Bertz CT molecular complexity index is 756. The molecule has 0 spiro atoms. The molecule has 1 aliphatic rings. The molecular formula is C20H22BrN3O2. The van der Waals surface area contributed by atoms with Crippen LogP contribution < -0.4 is 5.32 Å². The average molecular weight is 416 g/mol. The summed E-state index contributed by atoms with van der Waals surface area (Å²) in [5.74, 6) is 0.0207. The van der Waals surface area contributed by atoms with Crippen LogP contribution in [0.4, 0.5) is 5.69 Å². The summed E-state index contributed by atoms with van der Waals surface area (Å²) in [6.07, 6.45) is 0. The van der Waals surface area contributed by atoms with E-state index in [1.54, 1.807) is 0 Å². The zero-order valence-electron chi connectivity index (χ0n) is 14.7. The van der Waals surface area contributed by atoms with Crippen molar-refractivity contribution in [2.24, 2.45) is 0 Å². The number of benzene rings is 2. The number of hydrogen-bond donors (Lipinski definition) is 1. The van der Waals surface area contributed by atoms with Gasteiger partial charge in [-0.1, -0.05) is 34.1 Å². The molecule has 2 aromatic rings. The minimum Gasteiger partial charge on any atom is -0.336 e. The van der Waals surface area contributed by atoms with Crippen molar-refractivity contribution in [1.82, 2.24) is 9.80 Å². The molecule has 0 bridgehead atoms. The number of carbonyl (C=O) groups is 2. The molecular weight excluding hydrogens is 394 g/mol. The molecule has 1 fully saturated rings. The van der Waals surface area contributed by atoms with Crippen LogP contribution >= 0.6 is 15.9 Å². The van der Waals surface area contributed by atoms with Gasteiger partial charge in [0.2, 0.25) is 5.91 Å². The normalized spacial score (nSPS) is 16.2. The summed E-state index contributed by atoms with van der Waals surface area (Å²) >= 11 is 3.38. The van der Waals surface area contributed by atoms with Gasteiger partial charge in [-0.2, -0.15) is 0 Å². The molecule has 26 heavy (non-hydrogen) atoms. The molecule has 6 heteroatoms. The number of piperazine rings is 1. The molecule has 136 valence electrons. The van der Waals surface area contributed by atoms with Crippen molar-refractivity contribution in [1.29, 1.82) is 0 Å². The van der Waals surface area contributed by atoms with Gasteiger partial charge in [-0.15, -0.1) is 0 Å². The lowest BCUT2D eigenvalue weighted by Gasteiger charge is -2.37. The van der Waals surface area contributed by atoms with E-state index >= 15 is 0 Å². The minimum absolute atomic E-state index is 0.0323. The van der Waals surface area contributed by atoms with E-state index in [-0.39, 0.29) is 17.9 Å². The summed E-state index contributed by atoms with van der Waals surface area (Å²) < 4.78 is 0.975. The Kier molecular flexibility index (Phi) is 6.06. The topological polar surface area (TPSA) is 52.7 Å². The van der Waals surface area contributed by atoms with Crippen LogP contribution in [0, 0.1) is 0 Å². The van der Waals surface area contributed by atoms with Gasteiger partial charge in [0.15, 0.2) is 0 Å². The largest absolute Gasteiger partial charge is 0.336 e. The number of hydrogen-bond acceptors (Lipinski definition) is 3. The van der Waals surface area contributed by atoms with Crippen molar-refractivity contribution >= 4 is 33.4 Å². The molecule has 3 rings (SSSR count). The molecule has 1 atom stereocenters. The Balaban J connectivity index is 1.53. The molecule has 0 aromatic heterocycles. The molecule has 0 saturated carbocycles. The number of anilines is 1. The van der Waals surface area contributed by atoms with Crippen molar-refractivity contribution in [3.8, 4) is 0 Å². The third kappa shape index (κ3) is 4.51. The Hall–Kier alpha value is -2.18. The summed E-state index contributed by atoms with van der Waals surface area (Å²) in [4.78, 5) is 29.0. The van der Waals surface area contributed by atoms with Crippen molar-refractivity contribution in [3.05, 3.63) is 64.6 Å². The quantitative estimate of drug-likeness (QED) is 0.833. The van der Waals surface area contributed by atoms with E-state index in [0.717, 1.165) is 10.2 Å². The van der Waals surface area contributed by atoms with Gasteiger partial charge in [0, 0.05) is 41.9 Å². The third-order valence-corrected chi connectivity index (χ3v) is 5.19. The maximum Gasteiger partial charge on any atom is 0.253 e. The summed E-state index contributed by atoms with van der Waals surface area (Å²) in [7, 11) is 0. The molecule has 2 amide bonds. The number of carbonyl (C=O) groups excluding carboxylic acids is 2. The monoisotopic (exact) mass is 415 g/mol. The second kappa shape index (κ2) is 8.47. The number of amides is 2. The smallest absolute Gasteiger partial charge is 0.253 e. The van der Waals surface area contributed by atoms with Gasteiger partial charge in [-0.05, 0) is 43.3 Å². The van der Waals surface area contributed by atoms with Gasteiger partial charge in [0.05, 0.1) is 6.04 Å². The highest BCUT2D eigenvalue weighted by molar-refractivity contribution is 9.10. The molecule has 0 radical (unpaired) electrons. The van der Waals surface area contributed by atoms with Gasteiger partial charge in [0.1, 0.15) is 0 Å². The first kappa shape index (κ1) is 18.6. The highest BCUT2D eigenvalue weighted by atomic mass is 79.9. The number of nitrogens with one attached hydrogen (secondary N) is 1. The lowest BCUT2D eigenvalue weighted by Crippen LogP contribution is -2.54. The lowest BCUT2D eigenvalue weighted by molar-refractivity contribution is -0.121. The predicted molar refractivity (Wildman–Crippen MR) is 106 cm³/mol. The van der Waals surface area contributed by atoms with Crippen LogP contribution in [0.5, 0.6) is 0 Å². The maximum absolute atomic E-state index is 12.5. The van der Waals surface area contributed by atoms with Gasteiger partial charge in [-0.25, -0.2) is 0 Å². The van der Waals surface area contributed by atoms with Crippen LogP contribution in [0.25, 0.3) is 0 Å². The van der Waals surface area contributed by atoms with E-state index in [9.17, 15) is 9.59 Å². The zero-order chi connectivity index (χ0) is 18.5. The van der Waals surface area contributed by atoms with Crippen LogP contribution in [0.2, 0.25) is 0 Å². The molecule has 1 aliphatic heterocycles. The van der Waals surface area contributed by atoms with Crippen LogP contribution in [-0.4, -0.2) is 53.8 Å². The van der Waals surface area contributed by atoms with Crippen LogP contribution in [0.1, 0.15) is 17.3 Å². The van der Waals surface area contributed by atoms with E-state index in [1.165, 1.54) is 0 Å². The number of halogens is 1. The fraction of sp³-hybridized carbons (Fsp3) is 0.300. The van der Waals surface area contributed by atoms with Gasteiger partial charge in [0.25, 0.3) is 5.91 Å². The van der Waals surface area contributed by atoms with Gasteiger partial charge >= 0.3 is 0 Å². The van der Waals surface area contributed by atoms with Crippen molar-refractivity contribution in [3.63, 3.8) is 0 Å². The molecule has 1 saturated heterocycles. The highest BCUT2D eigenvalue weighted by Crippen LogP contribution is 2.16. The van der Waals surface area contributed by atoms with E-state index in [2.05, 4.69) is 26.1 Å². The molecule has 1 N–H and O–H groups in total. The summed E-state index contributed by atoms with van der Waals surface area (Å²) in [5, 5.41) is 2.94. The second-order valence-electron chi connectivity index (χ2n) is 6.37. The van der Waals surface area contributed by atoms with E-state index in [0.29, 0.717) is 31.7 Å². The van der Waals surface area contributed by atoms with Crippen molar-refractivity contribution < 1.29 is 9.59 Å². The first-order valence-corrected chi connectivity index (χ1v) is 9.49. The Morgan fingerprint density at radius 3 is 2.19 bits per heavy atom. The van der Waals surface area contributed by atoms with Crippen LogP contribution in [0.3, 0.4) is 0 Å². The van der Waals surface area contributed by atoms with E-state index in [1.807, 2.05) is 66.4 Å². The first-order chi connectivity index (χ1) is 12.5. The van der Waals surface area contributed by atoms with Gasteiger partial charge < -0.3 is 10.2 Å². The zero-order valence-corrected chi connectivity index (χ0v) is 16.3. The summed E-state index contributed by atoms with van der Waals surface area (Å²) in [5.41, 5.74) is 1.49. The van der Waals surface area contributed by atoms with Crippen molar-refractivity contribution in [2.75, 3.05) is 31.5 Å². The fourth-order valence-electron chi connectivity index (χ4n) is 3.02. The Labute approximate surface area is 162 Å². The van der Waals surface area contributed by atoms with Crippen LogP contribution in [0.15, 0.2) is 59.1 Å². The summed E-state index contributed by atoms with van der Waals surface area (Å²) in [6, 6.07) is 16.6. The van der Waals surface area contributed by atoms with E-state index in [4.69, 9.17) is 0 Å². The first-order valence-electron chi connectivity index (χ1n) is 8.69. The highest BCUT2D eigenvalue weighted by Gasteiger charge is 2.27. The number of rotatable bonds is 4. The lowest BCUT2D eigenvalue weighted by atomic mass is 10.1. The molecule has 0 aliphatic carbocycles. The van der Waals surface area contributed by atoms with Crippen molar-refractivity contribution in [2.45, 2.75) is 13.0 Å². The SMILES string of the molecule is CC(C(=O)Nc1ccc(Br)cc1)N1CCN(C(=O)c2ccccc2)CC1. The maximum atomic E-state index is 12.5. The predicted octanol–water partition coefficient (Wildman–Crippen LogP) is 3.23. The van der Waals surface area contributed by atoms with E-state index < -0.39 is 0 Å².